The van der Waals surface area contributed by atoms with Gasteiger partial charge in [-0.2, -0.15) is 0 Å². The lowest BCUT2D eigenvalue weighted by atomic mass is 9.85. The molecule has 0 saturated heterocycles. The van der Waals surface area contributed by atoms with Crippen molar-refractivity contribution in [1.29, 1.82) is 0 Å². The Morgan fingerprint density at radius 3 is 2.64 bits per heavy atom. The van der Waals surface area contributed by atoms with Crippen molar-refractivity contribution in [3.63, 3.8) is 0 Å². The molecule has 1 rings (SSSR count). The molecular formula is C17H31N3O2. The van der Waals surface area contributed by atoms with Gasteiger partial charge in [-0.3, -0.25) is 4.79 Å². The van der Waals surface area contributed by atoms with E-state index in [1.54, 1.807) is 6.07 Å². The summed E-state index contributed by atoms with van der Waals surface area (Å²) in [7, 11) is 0. The standard InChI is InChI=1S/C17H31N3O2/c1-5-8-10-18-12-17(4,9-6-2)13-19-16(21)15-11-14(7-3)22-20-15/h11,18H,5-10,12-13H2,1-4H3,(H,19,21). The molecule has 0 radical (unpaired) electrons. The molecule has 1 amide bonds. The van der Waals surface area contributed by atoms with Crippen LogP contribution in [-0.4, -0.2) is 30.7 Å². The van der Waals surface area contributed by atoms with Gasteiger partial charge in [-0.25, -0.2) is 0 Å². The first-order valence-corrected chi connectivity index (χ1v) is 8.49. The fourth-order valence-corrected chi connectivity index (χ4v) is 2.51. The lowest BCUT2D eigenvalue weighted by Crippen LogP contribution is -2.42. The van der Waals surface area contributed by atoms with Gasteiger partial charge in [0, 0.05) is 25.6 Å². The zero-order chi connectivity index (χ0) is 16.4. The number of unbranched alkanes of at least 4 members (excludes halogenated alkanes) is 1. The molecule has 126 valence electrons. The number of amides is 1. The van der Waals surface area contributed by atoms with E-state index in [1.165, 1.54) is 12.8 Å². The van der Waals surface area contributed by atoms with Crippen molar-refractivity contribution in [2.24, 2.45) is 5.41 Å². The summed E-state index contributed by atoms with van der Waals surface area (Å²) in [6, 6.07) is 1.71. The van der Waals surface area contributed by atoms with Gasteiger partial charge >= 0.3 is 0 Å². The van der Waals surface area contributed by atoms with E-state index >= 15 is 0 Å². The Labute approximate surface area is 134 Å². The molecule has 1 aromatic heterocycles. The topological polar surface area (TPSA) is 67.2 Å². The largest absolute Gasteiger partial charge is 0.361 e. The average Bonchev–Trinajstić information content (AvgIpc) is 2.99. The van der Waals surface area contributed by atoms with E-state index in [9.17, 15) is 4.79 Å². The molecule has 1 unspecified atom stereocenters. The van der Waals surface area contributed by atoms with Gasteiger partial charge < -0.3 is 15.2 Å². The molecule has 0 aliphatic rings. The summed E-state index contributed by atoms with van der Waals surface area (Å²) in [6.45, 7) is 11.2. The molecule has 5 nitrogen and oxygen atoms in total. The first-order chi connectivity index (χ1) is 10.5. The maximum absolute atomic E-state index is 12.1. The van der Waals surface area contributed by atoms with E-state index in [0.717, 1.165) is 38.1 Å². The van der Waals surface area contributed by atoms with E-state index in [1.807, 2.05) is 6.92 Å². The van der Waals surface area contributed by atoms with Crippen molar-refractivity contribution in [3.05, 3.63) is 17.5 Å². The third-order valence-corrected chi connectivity index (χ3v) is 3.93. The van der Waals surface area contributed by atoms with Crippen molar-refractivity contribution in [2.75, 3.05) is 19.6 Å². The second-order valence-electron chi connectivity index (χ2n) is 6.31. The van der Waals surface area contributed by atoms with Crippen LogP contribution in [0.3, 0.4) is 0 Å². The van der Waals surface area contributed by atoms with Gasteiger partial charge in [-0.05, 0) is 24.8 Å². The second kappa shape index (κ2) is 9.62. The van der Waals surface area contributed by atoms with Gasteiger partial charge in [0.15, 0.2) is 5.69 Å². The lowest BCUT2D eigenvalue weighted by molar-refractivity contribution is 0.0920. The van der Waals surface area contributed by atoms with Gasteiger partial charge in [-0.15, -0.1) is 0 Å². The zero-order valence-electron chi connectivity index (χ0n) is 14.5. The zero-order valence-corrected chi connectivity index (χ0v) is 14.5. The second-order valence-corrected chi connectivity index (χ2v) is 6.31. The Balaban J connectivity index is 2.49. The fourth-order valence-electron chi connectivity index (χ4n) is 2.51. The fraction of sp³-hybridized carbons (Fsp3) is 0.765. The van der Waals surface area contributed by atoms with Crippen molar-refractivity contribution >= 4 is 5.91 Å². The molecule has 1 atom stereocenters. The molecule has 0 fully saturated rings. The Morgan fingerprint density at radius 1 is 1.27 bits per heavy atom. The average molecular weight is 309 g/mol. The summed E-state index contributed by atoms with van der Waals surface area (Å²) in [6.07, 6.45) is 5.31. The number of carbonyl (C=O) groups is 1. The first kappa shape index (κ1) is 18.7. The molecule has 0 aliphatic heterocycles. The van der Waals surface area contributed by atoms with Crippen molar-refractivity contribution in [3.8, 4) is 0 Å². The van der Waals surface area contributed by atoms with Crippen LogP contribution in [0, 0.1) is 5.41 Å². The van der Waals surface area contributed by atoms with Crippen LogP contribution in [0.1, 0.15) is 69.6 Å². The van der Waals surface area contributed by atoms with Gasteiger partial charge in [-0.1, -0.05) is 45.7 Å². The molecule has 22 heavy (non-hydrogen) atoms. The quantitative estimate of drug-likeness (QED) is 0.616. The SMILES string of the molecule is CCCCNCC(C)(CCC)CNC(=O)c1cc(CC)on1. The highest BCUT2D eigenvalue weighted by Gasteiger charge is 2.24. The number of aryl methyl sites for hydroxylation is 1. The molecule has 2 N–H and O–H groups in total. The highest BCUT2D eigenvalue weighted by Crippen LogP contribution is 2.21. The number of nitrogens with one attached hydrogen (secondary N) is 2. The number of hydrogen-bond donors (Lipinski definition) is 2. The van der Waals surface area contributed by atoms with E-state index in [0.29, 0.717) is 12.2 Å². The van der Waals surface area contributed by atoms with E-state index < -0.39 is 0 Å². The molecule has 0 bridgehead atoms. The van der Waals surface area contributed by atoms with Crippen LogP contribution in [0.15, 0.2) is 10.6 Å². The Bertz CT molecular complexity index is 445. The summed E-state index contributed by atoms with van der Waals surface area (Å²) in [5.74, 6) is 0.585. The van der Waals surface area contributed by atoms with Crippen LogP contribution >= 0.6 is 0 Å². The summed E-state index contributed by atoms with van der Waals surface area (Å²) < 4.78 is 5.08. The minimum absolute atomic E-state index is 0.0650. The summed E-state index contributed by atoms with van der Waals surface area (Å²) >= 11 is 0. The molecule has 0 aromatic carbocycles. The summed E-state index contributed by atoms with van der Waals surface area (Å²) in [5.41, 5.74) is 0.435. The predicted molar refractivity (Wildman–Crippen MR) is 89.0 cm³/mol. The Hall–Kier alpha value is -1.36. The van der Waals surface area contributed by atoms with Crippen molar-refractivity contribution < 1.29 is 9.32 Å². The van der Waals surface area contributed by atoms with Crippen molar-refractivity contribution in [1.82, 2.24) is 15.8 Å². The minimum Gasteiger partial charge on any atom is -0.361 e. The smallest absolute Gasteiger partial charge is 0.273 e. The maximum atomic E-state index is 12.1. The third kappa shape index (κ3) is 6.18. The molecule has 0 spiro atoms. The van der Waals surface area contributed by atoms with Crippen molar-refractivity contribution in [2.45, 2.75) is 59.8 Å². The van der Waals surface area contributed by atoms with Crippen LogP contribution < -0.4 is 10.6 Å². The normalized spacial score (nSPS) is 13.8. The van der Waals surface area contributed by atoms with E-state index in [4.69, 9.17) is 4.52 Å². The Kier molecular flexibility index (Phi) is 8.17. The van der Waals surface area contributed by atoms with Gasteiger partial charge in [0.25, 0.3) is 5.91 Å². The number of rotatable bonds is 11. The van der Waals surface area contributed by atoms with Crippen LogP contribution in [-0.2, 0) is 6.42 Å². The van der Waals surface area contributed by atoms with Gasteiger partial charge in [0.1, 0.15) is 5.76 Å². The van der Waals surface area contributed by atoms with Crippen LogP contribution in [0.25, 0.3) is 0 Å². The molecule has 0 aliphatic carbocycles. The highest BCUT2D eigenvalue weighted by atomic mass is 16.5. The Morgan fingerprint density at radius 2 is 2.05 bits per heavy atom. The third-order valence-electron chi connectivity index (χ3n) is 3.93. The molecule has 5 heteroatoms. The number of nitrogens with zero attached hydrogens (tertiary/aromatic N) is 1. The summed E-state index contributed by atoms with van der Waals surface area (Å²) in [5, 5.41) is 10.3. The number of carbonyl (C=O) groups excluding carboxylic acids is 1. The van der Waals surface area contributed by atoms with Gasteiger partial charge in [0.05, 0.1) is 0 Å². The highest BCUT2D eigenvalue weighted by molar-refractivity contribution is 5.92. The van der Waals surface area contributed by atoms with Crippen LogP contribution in [0.4, 0.5) is 0 Å². The van der Waals surface area contributed by atoms with Crippen LogP contribution in [0.2, 0.25) is 0 Å². The molecule has 0 saturated carbocycles. The summed E-state index contributed by atoms with van der Waals surface area (Å²) in [4.78, 5) is 12.1. The number of hydrogen-bond acceptors (Lipinski definition) is 4. The predicted octanol–water partition coefficient (Wildman–Crippen LogP) is 3.16. The molecule has 1 aromatic rings. The van der Waals surface area contributed by atoms with Crippen LogP contribution in [0.5, 0.6) is 0 Å². The number of aromatic nitrogens is 1. The minimum atomic E-state index is -0.153. The lowest BCUT2D eigenvalue weighted by Gasteiger charge is -2.30. The van der Waals surface area contributed by atoms with E-state index in [2.05, 4.69) is 36.6 Å². The van der Waals surface area contributed by atoms with E-state index in [-0.39, 0.29) is 11.3 Å². The first-order valence-electron chi connectivity index (χ1n) is 8.49. The molecule has 1 heterocycles. The maximum Gasteiger partial charge on any atom is 0.273 e. The monoisotopic (exact) mass is 309 g/mol. The molecular weight excluding hydrogens is 278 g/mol. The van der Waals surface area contributed by atoms with Gasteiger partial charge in [0.2, 0.25) is 0 Å².